The van der Waals surface area contributed by atoms with E-state index in [0.717, 1.165) is 12.8 Å². The average Bonchev–Trinajstić information content (AvgIpc) is 2.35. The van der Waals surface area contributed by atoms with Gasteiger partial charge in [-0.3, -0.25) is 4.79 Å². The molecule has 0 radical (unpaired) electrons. The van der Waals surface area contributed by atoms with Gasteiger partial charge in [0.05, 0.1) is 4.90 Å². The fraction of sp³-hybridized carbons (Fsp3) is 0.500. The van der Waals surface area contributed by atoms with Crippen molar-refractivity contribution in [2.24, 2.45) is 5.92 Å². The van der Waals surface area contributed by atoms with Crippen LogP contribution in [0.2, 0.25) is 0 Å². The third-order valence-electron chi connectivity index (χ3n) is 3.01. The van der Waals surface area contributed by atoms with Crippen LogP contribution in [0.3, 0.4) is 0 Å². The van der Waals surface area contributed by atoms with Crippen LogP contribution in [0, 0.1) is 5.92 Å². The molecule has 21 heavy (non-hydrogen) atoms. The topological polar surface area (TPSA) is 63.2 Å². The Bertz CT molecular complexity index is 617. The van der Waals surface area contributed by atoms with Crippen molar-refractivity contribution < 1.29 is 13.2 Å². The maximum atomic E-state index is 12.1. The van der Waals surface area contributed by atoms with E-state index in [9.17, 15) is 13.2 Å². The molecule has 0 aromatic heterocycles. The lowest BCUT2D eigenvalue weighted by atomic mass is 10.0. The minimum absolute atomic E-state index is 0.0274. The Kier molecular flexibility index (Phi) is 6.69. The van der Waals surface area contributed by atoms with E-state index in [1.54, 1.807) is 6.07 Å². The summed E-state index contributed by atoms with van der Waals surface area (Å²) in [5.41, 5.74) is 0.272. The van der Waals surface area contributed by atoms with Gasteiger partial charge in [-0.15, -0.1) is 0 Å². The number of rotatable bonds is 6. The molecular formula is C14H19BrClNO3S. The van der Waals surface area contributed by atoms with Crippen LogP contribution in [0.5, 0.6) is 0 Å². The zero-order chi connectivity index (χ0) is 16.2. The molecule has 0 saturated heterocycles. The van der Waals surface area contributed by atoms with Crippen LogP contribution >= 0.6 is 26.6 Å². The van der Waals surface area contributed by atoms with Crippen molar-refractivity contribution in [1.82, 2.24) is 5.32 Å². The summed E-state index contributed by atoms with van der Waals surface area (Å²) in [4.78, 5) is 12.0. The molecule has 7 heteroatoms. The molecule has 0 aliphatic rings. The number of amides is 1. The molecule has 1 unspecified atom stereocenters. The van der Waals surface area contributed by atoms with Crippen molar-refractivity contribution in [2.45, 2.75) is 44.6 Å². The number of carbonyl (C=O) groups is 1. The lowest BCUT2D eigenvalue weighted by molar-refractivity contribution is 0.0937. The zero-order valence-electron chi connectivity index (χ0n) is 12.2. The Morgan fingerprint density at radius 3 is 2.43 bits per heavy atom. The average molecular weight is 397 g/mol. The third kappa shape index (κ3) is 5.96. The van der Waals surface area contributed by atoms with Crippen LogP contribution in [-0.2, 0) is 9.05 Å². The SMILES string of the molecule is CC(C)CCC(C)NC(=O)c1ccc(Br)c(S(=O)(=O)Cl)c1. The van der Waals surface area contributed by atoms with Crippen molar-refractivity contribution in [2.75, 3.05) is 0 Å². The minimum atomic E-state index is -3.89. The minimum Gasteiger partial charge on any atom is -0.350 e. The molecule has 0 spiro atoms. The quantitative estimate of drug-likeness (QED) is 0.741. The highest BCUT2D eigenvalue weighted by molar-refractivity contribution is 9.10. The van der Waals surface area contributed by atoms with Gasteiger partial charge in [0.1, 0.15) is 0 Å². The summed E-state index contributed by atoms with van der Waals surface area (Å²) in [6, 6.07) is 4.36. The van der Waals surface area contributed by atoms with Crippen LogP contribution < -0.4 is 5.32 Å². The van der Waals surface area contributed by atoms with E-state index in [0.29, 0.717) is 10.4 Å². The first-order valence-corrected chi connectivity index (χ1v) is 9.76. The Morgan fingerprint density at radius 1 is 1.29 bits per heavy atom. The molecule has 0 fully saturated rings. The summed E-state index contributed by atoms with van der Waals surface area (Å²) in [5, 5.41) is 2.86. The van der Waals surface area contributed by atoms with Gasteiger partial charge in [-0.1, -0.05) is 13.8 Å². The number of carbonyl (C=O) groups excluding carboxylic acids is 1. The van der Waals surface area contributed by atoms with Crippen LogP contribution in [0.15, 0.2) is 27.6 Å². The molecule has 1 atom stereocenters. The monoisotopic (exact) mass is 395 g/mol. The lowest BCUT2D eigenvalue weighted by Crippen LogP contribution is -2.32. The largest absolute Gasteiger partial charge is 0.350 e. The maximum absolute atomic E-state index is 12.1. The molecule has 118 valence electrons. The van der Waals surface area contributed by atoms with E-state index in [1.165, 1.54) is 12.1 Å². The van der Waals surface area contributed by atoms with Crippen molar-refractivity contribution in [1.29, 1.82) is 0 Å². The van der Waals surface area contributed by atoms with Crippen LogP contribution in [-0.4, -0.2) is 20.4 Å². The Labute approximate surface area is 138 Å². The van der Waals surface area contributed by atoms with E-state index in [-0.39, 0.29) is 22.4 Å². The molecule has 1 rings (SSSR count). The van der Waals surface area contributed by atoms with Gasteiger partial charge in [-0.2, -0.15) is 0 Å². The Morgan fingerprint density at radius 2 is 1.90 bits per heavy atom. The van der Waals surface area contributed by atoms with Crippen LogP contribution in [0.4, 0.5) is 0 Å². The molecular weight excluding hydrogens is 378 g/mol. The summed E-state index contributed by atoms with van der Waals surface area (Å²) in [5.74, 6) is 0.269. The van der Waals surface area contributed by atoms with Gasteiger partial charge in [0.25, 0.3) is 15.0 Å². The summed E-state index contributed by atoms with van der Waals surface area (Å²) < 4.78 is 23.2. The summed E-state index contributed by atoms with van der Waals surface area (Å²) in [6.45, 7) is 6.18. The first-order chi connectivity index (χ1) is 9.61. The smallest absolute Gasteiger partial charge is 0.262 e. The van der Waals surface area contributed by atoms with Crippen molar-refractivity contribution in [3.63, 3.8) is 0 Å². The second-order valence-electron chi connectivity index (χ2n) is 5.43. The number of hydrogen-bond donors (Lipinski definition) is 1. The van der Waals surface area contributed by atoms with E-state index < -0.39 is 9.05 Å². The van der Waals surface area contributed by atoms with Gasteiger partial charge >= 0.3 is 0 Å². The highest BCUT2D eigenvalue weighted by Crippen LogP contribution is 2.26. The molecule has 1 aromatic carbocycles. The fourth-order valence-corrected chi connectivity index (χ4v) is 3.91. The van der Waals surface area contributed by atoms with Crippen LogP contribution in [0.1, 0.15) is 44.0 Å². The first-order valence-electron chi connectivity index (χ1n) is 6.66. The van der Waals surface area contributed by atoms with E-state index in [2.05, 4.69) is 35.1 Å². The highest BCUT2D eigenvalue weighted by atomic mass is 79.9. The lowest BCUT2D eigenvalue weighted by Gasteiger charge is -2.15. The predicted molar refractivity (Wildman–Crippen MR) is 88.2 cm³/mol. The standard InChI is InChI=1S/C14H19BrClNO3S/c1-9(2)4-5-10(3)17-14(18)11-6-7-12(15)13(8-11)21(16,19)20/h6-10H,4-5H2,1-3H3,(H,17,18). The van der Waals surface area contributed by atoms with Gasteiger partial charge in [0.15, 0.2) is 0 Å². The number of benzene rings is 1. The molecule has 0 saturated carbocycles. The number of nitrogens with one attached hydrogen (secondary N) is 1. The Balaban J connectivity index is 2.84. The molecule has 0 aliphatic heterocycles. The van der Waals surface area contributed by atoms with Gasteiger partial charge in [-0.05, 0) is 59.8 Å². The molecule has 1 aromatic rings. The molecule has 0 aliphatic carbocycles. The highest BCUT2D eigenvalue weighted by Gasteiger charge is 2.18. The van der Waals surface area contributed by atoms with Gasteiger partial charge < -0.3 is 5.32 Å². The van der Waals surface area contributed by atoms with E-state index >= 15 is 0 Å². The fourth-order valence-electron chi connectivity index (χ4n) is 1.79. The van der Waals surface area contributed by atoms with E-state index in [4.69, 9.17) is 10.7 Å². The zero-order valence-corrected chi connectivity index (χ0v) is 15.3. The Hall–Kier alpha value is -0.590. The second kappa shape index (κ2) is 7.61. The van der Waals surface area contributed by atoms with Crippen molar-refractivity contribution in [3.05, 3.63) is 28.2 Å². The van der Waals surface area contributed by atoms with Crippen molar-refractivity contribution >= 4 is 41.6 Å². The summed E-state index contributed by atoms with van der Waals surface area (Å²) in [7, 11) is 1.45. The van der Waals surface area contributed by atoms with Crippen LogP contribution in [0.25, 0.3) is 0 Å². The first kappa shape index (κ1) is 18.5. The molecule has 1 N–H and O–H groups in total. The van der Waals surface area contributed by atoms with Crippen molar-refractivity contribution in [3.8, 4) is 0 Å². The normalized spacial score (nSPS) is 13.2. The van der Waals surface area contributed by atoms with E-state index in [1.807, 2.05) is 6.92 Å². The number of hydrogen-bond acceptors (Lipinski definition) is 3. The maximum Gasteiger partial charge on any atom is 0.262 e. The third-order valence-corrected chi connectivity index (χ3v) is 5.33. The number of halogens is 2. The molecule has 4 nitrogen and oxygen atoms in total. The van der Waals surface area contributed by atoms with Gasteiger partial charge in [0.2, 0.25) is 0 Å². The van der Waals surface area contributed by atoms with Gasteiger partial charge in [-0.25, -0.2) is 8.42 Å². The molecule has 0 bridgehead atoms. The van der Waals surface area contributed by atoms with Gasteiger partial charge in [0, 0.05) is 26.8 Å². The predicted octanol–water partition coefficient (Wildman–Crippen LogP) is 3.93. The second-order valence-corrected chi connectivity index (χ2v) is 8.82. The summed E-state index contributed by atoms with van der Waals surface area (Å²) >= 11 is 3.11. The summed E-state index contributed by atoms with van der Waals surface area (Å²) in [6.07, 6.45) is 1.89. The molecule has 1 amide bonds. The molecule has 0 heterocycles.